The standard InChI is InChI=1S/C18H14Cl2N2O3/c1-18(13-4-2-3-5-14(13)20)16(24)22(17(25)21-18)10-15(23)11-6-8-12(19)9-7-11/h2-9H,10H2,1H3,(H,21,25)/t18-/m1/s1. The number of ketones is 1. The van der Waals surface area contributed by atoms with Crippen LogP contribution in [0.2, 0.25) is 10.0 Å². The molecule has 25 heavy (non-hydrogen) atoms. The van der Waals surface area contributed by atoms with Crippen LogP contribution in [0.4, 0.5) is 4.79 Å². The van der Waals surface area contributed by atoms with Crippen LogP contribution in [-0.4, -0.2) is 29.2 Å². The summed E-state index contributed by atoms with van der Waals surface area (Å²) in [6.45, 7) is 1.22. The summed E-state index contributed by atoms with van der Waals surface area (Å²) >= 11 is 12.0. The van der Waals surface area contributed by atoms with Gasteiger partial charge in [-0.1, -0.05) is 41.4 Å². The maximum Gasteiger partial charge on any atom is 0.325 e. The molecule has 1 aliphatic rings. The van der Waals surface area contributed by atoms with Crippen molar-refractivity contribution in [1.29, 1.82) is 0 Å². The first-order valence-corrected chi connectivity index (χ1v) is 8.26. The van der Waals surface area contributed by atoms with E-state index >= 15 is 0 Å². The first-order chi connectivity index (χ1) is 11.8. The number of nitrogens with zero attached hydrogens (tertiary/aromatic N) is 1. The Labute approximate surface area is 154 Å². The molecule has 1 heterocycles. The van der Waals surface area contributed by atoms with E-state index in [-0.39, 0.29) is 12.3 Å². The summed E-state index contributed by atoms with van der Waals surface area (Å²) in [6.07, 6.45) is 0. The van der Waals surface area contributed by atoms with Crippen molar-refractivity contribution in [3.63, 3.8) is 0 Å². The largest absolute Gasteiger partial charge is 0.325 e. The number of amides is 3. The number of Topliss-reactive ketones (excluding diaryl/α,β-unsaturated/α-hetero) is 1. The Balaban J connectivity index is 1.85. The van der Waals surface area contributed by atoms with E-state index in [1.165, 1.54) is 0 Å². The van der Waals surface area contributed by atoms with Crippen molar-refractivity contribution in [2.75, 3.05) is 6.54 Å². The van der Waals surface area contributed by atoms with Gasteiger partial charge in [0.2, 0.25) is 0 Å². The molecule has 0 aliphatic carbocycles. The van der Waals surface area contributed by atoms with E-state index < -0.39 is 17.5 Å². The zero-order valence-electron chi connectivity index (χ0n) is 13.3. The first-order valence-electron chi connectivity index (χ1n) is 7.51. The van der Waals surface area contributed by atoms with E-state index in [1.54, 1.807) is 55.5 Å². The lowest BCUT2D eigenvalue weighted by atomic mass is 9.92. The summed E-state index contributed by atoms with van der Waals surface area (Å²) in [6, 6.07) is 12.4. The number of rotatable bonds is 4. The van der Waals surface area contributed by atoms with E-state index in [4.69, 9.17) is 23.2 Å². The van der Waals surface area contributed by atoms with Gasteiger partial charge in [0, 0.05) is 21.2 Å². The summed E-state index contributed by atoms with van der Waals surface area (Å²) < 4.78 is 0. The highest BCUT2D eigenvalue weighted by molar-refractivity contribution is 6.32. The smallest absolute Gasteiger partial charge is 0.319 e. The molecule has 1 aliphatic heterocycles. The lowest BCUT2D eigenvalue weighted by molar-refractivity contribution is -0.130. The highest BCUT2D eigenvalue weighted by Crippen LogP contribution is 2.33. The summed E-state index contributed by atoms with van der Waals surface area (Å²) in [5, 5.41) is 3.50. The number of hydrogen-bond acceptors (Lipinski definition) is 3. The topological polar surface area (TPSA) is 66.5 Å². The number of carbonyl (C=O) groups is 3. The second kappa shape index (κ2) is 6.50. The van der Waals surface area contributed by atoms with Crippen LogP contribution in [0.15, 0.2) is 48.5 Å². The molecule has 7 heteroatoms. The number of imide groups is 1. The predicted molar refractivity (Wildman–Crippen MR) is 94.8 cm³/mol. The molecule has 0 unspecified atom stereocenters. The number of halogens is 2. The monoisotopic (exact) mass is 376 g/mol. The molecule has 0 radical (unpaired) electrons. The summed E-state index contributed by atoms with van der Waals surface area (Å²) in [4.78, 5) is 38.4. The first kappa shape index (κ1) is 17.5. The average Bonchev–Trinajstić information content (AvgIpc) is 2.80. The molecule has 128 valence electrons. The van der Waals surface area contributed by atoms with Gasteiger partial charge in [0.05, 0.1) is 6.54 Å². The molecule has 0 saturated carbocycles. The minimum absolute atomic E-state index is 0.355. The third-order valence-electron chi connectivity index (χ3n) is 4.16. The van der Waals surface area contributed by atoms with E-state index in [2.05, 4.69) is 5.32 Å². The molecule has 3 rings (SSSR count). The third kappa shape index (κ3) is 3.13. The van der Waals surface area contributed by atoms with Gasteiger partial charge < -0.3 is 5.32 Å². The SMILES string of the molecule is C[C@]1(c2ccccc2Cl)NC(=O)N(CC(=O)c2ccc(Cl)cc2)C1=O. The molecule has 1 saturated heterocycles. The van der Waals surface area contributed by atoms with E-state index in [0.717, 1.165) is 4.90 Å². The Morgan fingerprint density at radius 2 is 1.72 bits per heavy atom. The molecule has 0 aromatic heterocycles. The Hall–Kier alpha value is -2.37. The molecule has 1 fully saturated rings. The van der Waals surface area contributed by atoms with Crippen molar-refractivity contribution in [2.24, 2.45) is 0 Å². The third-order valence-corrected chi connectivity index (χ3v) is 4.74. The molecule has 0 spiro atoms. The van der Waals surface area contributed by atoms with Crippen LogP contribution in [-0.2, 0) is 10.3 Å². The molecule has 3 amide bonds. The second-order valence-electron chi connectivity index (χ2n) is 5.86. The maximum atomic E-state index is 12.8. The van der Waals surface area contributed by atoms with Crippen molar-refractivity contribution in [3.05, 3.63) is 69.7 Å². The fourth-order valence-electron chi connectivity index (χ4n) is 2.76. The van der Waals surface area contributed by atoms with Gasteiger partial charge in [-0.25, -0.2) is 4.79 Å². The Kier molecular flexibility index (Phi) is 4.54. The summed E-state index contributed by atoms with van der Waals surface area (Å²) in [7, 11) is 0. The molecule has 0 bridgehead atoms. The van der Waals surface area contributed by atoms with Crippen molar-refractivity contribution in [2.45, 2.75) is 12.5 Å². The predicted octanol–water partition coefficient (Wildman–Crippen LogP) is 3.64. The van der Waals surface area contributed by atoms with E-state index in [1.807, 2.05) is 0 Å². The van der Waals surface area contributed by atoms with E-state index in [9.17, 15) is 14.4 Å². The van der Waals surface area contributed by atoms with Crippen molar-refractivity contribution in [3.8, 4) is 0 Å². The molecular formula is C18H14Cl2N2O3. The molecule has 2 aromatic rings. The zero-order chi connectivity index (χ0) is 18.2. The summed E-state index contributed by atoms with van der Waals surface area (Å²) in [5.41, 5.74) is -0.455. The fraction of sp³-hybridized carbons (Fsp3) is 0.167. The van der Waals surface area contributed by atoms with Crippen LogP contribution in [0.5, 0.6) is 0 Å². The van der Waals surface area contributed by atoms with Crippen LogP contribution in [0.25, 0.3) is 0 Å². The van der Waals surface area contributed by atoms with E-state index in [0.29, 0.717) is 21.2 Å². The Morgan fingerprint density at radius 3 is 2.36 bits per heavy atom. The number of benzene rings is 2. The highest BCUT2D eigenvalue weighted by Gasteiger charge is 2.50. The van der Waals surface area contributed by atoms with Gasteiger partial charge in [-0.3, -0.25) is 14.5 Å². The number of nitrogens with one attached hydrogen (secondary N) is 1. The normalized spacial score (nSPS) is 19.9. The van der Waals surface area contributed by atoms with Crippen LogP contribution in [0.3, 0.4) is 0 Å². The minimum Gasteiger partial charge on any atom is -0.319 e. The van der Waals surface area contributed by atoms with Gasteiger partial charge in [0.1, 0.15) is 5.54 Å². The van der Waals surface area contributed by atoms with Crippen molar-refractivity contribution < 1.29 is 14.4 Å². The fourth-order valence-corrected chi connectivity index (χ4v) is 3.21. The highest BCUT2D eigenvalue weighted by atomic mass is 35.5. The maximum absolute atomic E-state index is 12.8. The number of carbonyl (C=O) groups excluding carboxylic acids is 3. The molecule has 1 N–H and O–H groups in total. The minimum atomic E-state index is -1.31. The van der Waals surface area contributed by atoms with Crippen molar-refractivity contribution in [1.82, 2.24) is 10.2 Å². The Bertz CT molecular complexity index is 867. The van der Waals surface area contributed by atoms with Gasteiger partial charge in [-0.2, -0.15) is 0 Å². The second-order valence-corrected chi connectivity index (χ2v) is 6.70. The number of hydrogen-bond donors (Lipinski definition) is 1. The van der Waals surface area contributed by atoms with Gasteiger partial charge in [-0.15, -0.1) is 0 Å². The lowest BCUT2D eigenvalue weighted by Crippen LogP contribution is -2.41. The van der Waals surface area contributed by atoms with Gasteiger partial charge in [0.15, 0.2) is 5.78 Å². The van der Waals surface area contributed by atoms with Crippen LogP contribution >= 0.6 is 23.2 Å². The van der Waals surface area contributed by atoms with Gasteiger partial charge >= 0.3 is 6.03 Å². The molecular weight excluding hydrogens is 363 g/mol. The molecule has 1 atom stereocenters. The number of urea groups is 1. The van der Waals surface area contributed by atoms with Crippen molar-refractivity contribution >= 4 is 40.9 Å². The van der Waals surface area contributed by atoms with Gasteiger partial charge in [0.25, 0.3) is 5.91 Å². The Morgan fingerprint density at radius 1 is 1.08 bits per heavy atom. The van der Waals surface area contributed by atoms with Crippen LogP contribution in [0.1, 0.15) is 22.8 Å². The zero-order valence-corrected chi connectivity index (χ0v) is 14.8. The quantitative estimate of drug-likeness (QED) is 0.654. The molecule has 5 nitrogen and oxygen atoms in total. The lowest BCUT2D eigenvalue weighted by Gasteiger charge is -2.23. The molecule has 2 aromatic carbocycles. The van der Waals surface area contributed by atoms with Gasteiger partial charge in [-0.05, 0) is 37.3 Å². The van der Waals surface area contributed by atoms with Crippen LogP contribution in [0, 0.1) is 0 Å². The van der Waals surface area contributed by atoms with Crippen LogP contribution < -0.4 is 5.32 Å². The summed E-state index contributed by atoms with van der Waals surface area (Å²) in [5.74, 6) is -0.878. The average molecular weight is 377 g/mol.